The fourth-order valence-electron chi connectivity index (χ4n) is 2.59. The minimum absolute atomic E-state index is 0.121. The Morgan fingerprint density at radius 2 is 2.14 bits per heavy atom. The van der Waals surface area contributed by atoms with Gasteiger partial charge in [0.25, 0.3) is 0 Å². The average Bonchev–Trinajstić information content (AvgIpc) is 3.11. The van der Waals surface area contributed by atoms with Crippen LogP contribution in [0.3, 0.4) is 0 Å². The van der Waals surface area contributed by atoms with Crippen LogP contribution in [0.4, 0.5) is 0 Å². The molecule has 0 saturated carbocycles. The molecule has 0 bridgehead atoms. The number of benzene rings is 1. The van der Waals surface area contributed by atoms with Crippen LogP contribution in [0.15, 0.2) is 45.9 Å². The van der Waals surface area contributed by atoms with Crippen LogP contribution >= 0.6 is 11.6 Å². The largest absolute Gasteiger partial charge is 0.469 e. The van der Waals surface area contributed by atoms with Gasteiger partial charge in [-0.3, -0.25) is 0 Å². The van der Waals surface area contributed by atoms with Gasteiger partial charge in [0.1, 0.15) is 5.76 Å². The molecular formula is C15H16ClNO3S. The quantitative estimate of drug-likeness (QED) is 0.868. The van der Waals surface area contributed by atoms with E-state index < -0.39 is 10.0 Å². The van der Waals surface area contributed by atoms with E-state index >= 15 is 0 Å². The molecule has 3 rings (SSSR count). The van der Waals surface area contributed by atoms with Gasteiger partial charge in [-0.2, -0.15) is 4.31 Å². The zero-order valence-electron chi connectivity index (χ0n) is 11.6. The molecule has 1 aliphatic rings. The summed E-state index contributed by atoms with van der Waals surface area (Å²) >= 11 is 6.04. The molecule has 1 aromatic heterocycles. The Morgan fingerprint density at radius 3 is 2.81 bits per heavy atom. The maximum Gasteiger partial charge on any atom is 0.243 e. The highest BCUT2D eigenvalue weighted by atomic mass is 35.5. The fraction of sp³-hybridized carbons (Fsp3) is 0.333. The van der Waals surface area contributed by atoms with Crippen LogP contribution in [0.2, 0.25) is 5.02 Å². The van der Waals surface area contributed by atoms with E-state index in [9.17, 15) is 8.42 Å². The van der Waals surface area contributed by atoms with Gasteiger partial charge in [0.15, 0.2) is 0 Å². The highest BCUT2D eigenvalue weighted by Crippen LogP contribution is 2.32. The smallest absolute Gasteiger partial charge is 0.243 e. The molecule has 0 N–H and O–H groups in total. The molecule has 1 saturated heterocycles. The van der Waals surface area contributed by atoms with E-state index in [0.717, 1.165) is 17.7 Å². The SMILES string of the molecule is Cc1ccc(S(=O)(=O)N2CCC(c3ccco3)C2)cc1Cl. The molecule has 21 heavy (non-hydrogen) atoms. The topological polar surface area (TPSA) is 50.5 Å². The van der Waals surface area contributed by atoms with Crippen LogP contribution in [0.25, 0.3) is 0 Å². The minimum Gasteiger partial charge on any atom is -0.469 e. The zero-order chi connectivity index (χ0) is 15.0. The maximum atomic E-state index is 12.6. The third kappa shape index (κ3) is 2.73. The lowest BCUT2D eigenvalue weighted by atomic mass is 10.1. The summed E-state index contributed by atoms with van der Waals surface area (Å²) in [6.45, 7) is 2.79. The lowest BCUT2D eigenvalue weighted by Gasteiger charge is -2.16. The average molecular weight is 326 g/mol. The monoisotopic (exact) mass is 325 g/mol. The van der Waals surface area contributed by atoms with Crippen LogP contribution < -0.4 is 0 Å². The molecule has 6 heteroatoms. The number of furan rings is 1. The molecule has 1 unspecified atom stereocenters. The van der Waals surface area contributed by atoms with E-state index in [4.69, 9.17) is 16.0 Å². The van der Waals surface area contributed by atoms with Crippen LogP contribution in [-0.2, 0) is 10.0 Å². The van der Waals surface area contributed by atoms with Gasteiger partial charge in [-0.05, 0) is 43.2 Å². The lowest BCUT2D eigenvalue weighted by Crippen LogP contribution is -2.28. The van der Waals surface area contributed by atoms with Crippen molar-refractivity contribution >= 4 is 21.6 Å². The van der Waals surface area contributed by atoms with Crippen molar-refractivity contribution < 1.29 is 12.8 Å². The Hall–Kier alpha value is -1.30. The van der Waals surface area contributed by atoms with E-state index in [2.05, 4.69) is 0 Å². The highest BCUT2D eigenvalue weighted by molar-refractivity contribution is 7.89. The number of hydrogen-bond donors (Lipinski definition) is 0. The highest BCUT2D eigenvalue weighted by Gasteiger charge is 2.34. The van der Waals surface area contributed by atoms with Gasteiger partial charge in [0.05, 0.1) is 11.2 Å². The van der Waals surface area contributed by atoms with E-state index in [1.807, 2.05) is 19.1 Å². The van der Waals surface area contributed by atoms with Crippen molar-refractivity contribution in [3.63, 3.8) is 0 Å². The summed E-state index contributed by atoms with van der Waals surface area (Å²) in [4.78, 5) is 0.248. The van der Waals surface area contributed by atoms with Gasteiger partial charge < -0.3 is 4.42 Å². The summed E-state index contributed by atoms with van der Waals surface area (Å²) in [6.07, 6.45) is 2.39. The Kier molecular flexibility index (Phi) is 3.82. The minimum atomic E-state index is -3.49. The van der Waals surface area contributed by atoms with Crippen LogP contribution in [0.1, 0.15) is 23.7 Å². The number of sulfonamides is 1. The third-order valence-corrected chi connectivity index (χ3v) is 6.15. The van der Waals surface area contributed by atoms with Gasteiger partial charge in [0.2, 0.25) is 10.0 Å². The van der Waals surface area contributed by atoms with Crippen LogP contribution in [0, 0.1) is 6.92 Å². The summed E-state index contributed by atoms with van der Waals surface area (Å²) in [6, 6.07) is 8.58. The normalized spacial score (nSPS) is 20.0. The first-order chi connectivity index (χ1) is 9.98. The van der Waals surface area contributed by atoms with E-state index in [1.54, 1.807) is 18.4 Å². The molecule has 0 spiro atoms. The van der Waals surface area contributed by atoms with Crippen molar-refractivity contribution in [2.45, 2.75) is 24.2 Å². The van der Waals surface area contributed by atoms with E-state index in [-0.39, 0.29) is 10.8 Å². The lowest BCUT2D eigenvalue weighted by molar-refractivity contribution is 0.445. The van der Waals surface area contributed by atoms with Crippen LogP contribution in [0.5, 0.6) is 0 Å². The molecule has 1 aliphatic heterocycles. The summed E-state index contributed by atoms with van der Waals surface area (Å²) in [5.74, 6) is 0.963. The Labute approximate surface area is 129 Å². The molecule has 1 aromatic carbocycles. The first-order valence-electron chi connectivity index (χ1n) is 6.78. The molecular weight excluding hydrogens is 310 g/mol. The van der Waals surface area contributed by atoms with Gasteiger partial charge in [0, 0.05) is 24.0 Å². The van der Waals surface area contributed by atoms with Crippen molar-refractivity contribution in [2.75, 3.05) is 13.1 Å². The standard InChI is InChI=1S/C15H16ClNO3S/c1-11-4-5-13(9-14(11)16)21(18,19)17-7-6-12(10-17)15-3-2-8-20-15/h2-5,8-9,12H,6-7,10H2,1H3. The second-order valence-corrected chi connectivity index (χ2v) is 7.62. The molecule has 2 aromatic rings. The van der Waals surface area contributed by atoms with Crippen molar-refractivity contribution in [3.8, 4) is 0 Å². The number of halogens is 1. The molecule has 1 atom stereocenters. The summed E-state index contributed by atoms with van der Waals surface area (Å²) < 4.78 is 32.2. The van der Waals surface area contributed by atoms with Crippen LogP contribution in [-0.4, -0.2) is 25.8 Å². The summed E-state index contributed by atoms with van der Waals surface area (Å²) in [7, 11) is -3.49. The van der Waals surface area contributed by atoms with Gasteiger partial charge in [-0.15, -0.1) is 0 Å². The Bertz CT molecular complexity index is 740. The van der Waals surface area contributed by atoms with Crippen molar-refractivity contribution in [1.82, 2.24) is 4.31 Å². The fourth-order valence-corrected chi connectivity index (χ4v) is 4.36. The predicted molar refractivity (Wildman–Crippen MR) is 81.0 cm³/mol. The molecule has 4 nitrogen and oxygen atoms in total. The maximum absolute atomic E-state index is 12.6. The summed E-state index contributed by atoms with van der Waals surface area (Å²) in [5, 5.41) is 0.470. The van der Waals surface area contributed by atoms with Crippen molar-refractivity contribution in [1.29, 1.82) is 0 Å². The van der Waals surface area contributed by atoms with Gasteiger partial charge >= 0.3 is 0 Å². The third-order valence-electron chi connectivity index (χ3n) is 3.88. The Morgan fingerprint density at radius 1 is 1.33 bits per heavy atom. The first-order valence-corrected chi connectivity index (χ1v) is 8.60. The van der Waals surface area contributed by atoms with Gasteiger partial charge in [-0.25, -0.2) is 8.42 Å². The van der Waals surface area contributed by atoms with E-state index in [0.29, 0.717) is 18.1 Å². The first kappa shape index (κ1) is 14.6. The van der Waals surface area contributed by atoms with Gasteiger partial charge in [-0.1, -0.05) is 17.7 Å². The number of aryl methyl sites for hydroxylation is 1. The summed E-state index contributed by atoms with van der Waals surface area (Å²) in [5.41, 5.74) is 0.866. The molecule has 2 heterocycles. The molecule has 0 aliphatic carbocycles. The molecule has 1 fully saturated rings. The van der Waals surface area contributed by atoms with Crippen molar-refractivity contribution in [3.05, 3.63) is 52.9 Å². The zero-order valence-corrected chi connectivity index (χ0v) is 13.2. The molecule has 0 amide bonds. The molecule has 0 radical (unpaired) electrons. The number of hydrogen-bond acceptors (Lipinski definition) is 3. The Balaban J connectivity index is 1.84. The van der Waals surface area contributed by atoms with E-state index in [1.165, 1.54) is 10.4 Å². The number of nitrogens with zero attached hydrogens (tertiary/aromatic N) is 1. The molecule has 112 valence electrons. The second kappa shape index (κ2) is 5.48. The second-order valence-electron chi connectivity index (χ2n) is 5.28. The van der Waals surface area contributed by atoms with Crippen molar-refractivity contribution in [2.24, 2.45) is 0 Å². The number of rotatable bonds is 3. The predicted octanol–water partition coefficient (Wildman–Crippen LogP) is 3.42.